The summed E-state index contributed by atoms with van der Waals surface area (Å²) in [5.41, 5.74) is 2.46. The Morgan fingerprint density at radius 1 is 1.08 bits per heavy atom. The number of amides is 1. The van der Waals surface area contributed by atoms with Gasteiger partial charge in [-0.15, -0.1) is 0 Å². The second-order valence-electron chi connectivity index (χ2n) is 5.95. The Hall–Kier alpha value is -2.53. The van der Waals surface area contributed by atoms with Gasteiger partial charge in [0.15, 0.2) is 0 Å². The minimum absolute atomic E-state index is 0.0259. The molecule has 124 valence electrons. The molecule has 0 radical (unpaired) electrons. The lowest BCUT2D eigenvalue weighted by atomic mass is 10.2. The monoisotopic (exact) mass is 322 g/mol. The zero-order valence-electron chi connectivity index (χ0n) is 13.9. The fraction of sp³-hybridized carbons (Fsp3) is 0.316. The average molecular weight is 322 g/mol. The molecule has 0 aliphatic carbocycles. The molecule has 0 N–H and O–H groups in total. The van der Waals surface area contributed by atoms with E-state index in [4.69, 9.17) is 0 Å². The summed E-state index contributed by atoms with van der Waals surface area (Å²) < 4.78 is 0. The van der Waals surface area contributed by atoms with Gasteiger partial charge in [0, 0.05) is 38.9 Å². The zero-order valence-corrected chi connectivity index (χ0v) is 13.9. The van der Waals surface area contributed by atoms with Gasteiger partial charge in [-0.2, -0.15) is 0 Å². The van der Waals surface area contributed by atoms with Gasteiger partial charge in [-0.1, -0.05) is 42.5 Å². The first kappa shape index (κ1) is 16.3. The molecule has 1 saturated heterocycles. The molecule has 0 bridgehead atoms. The number of aryl methyl sites for hydroxylation is 1. The van der Waals surface area contributed by atoms with Crippen molar-refractivity contribution in [3.05, 3.63) is 65.8 Å². The van der Waals surface area contributed by atoms with Gasteiger partial charge in [0.05, 0.1) is 11.9 Å². The second-order valence-corrected chi connectivity index (χ2v) is 5.95. The van der Waals surface area contributed by atoms with Crippen LogP contribution < -0.4 is 0 Å². The number of hydrogen-bond donors (Lipinski definition) is 0. The quantitative estimate of drug-likeness (QED) is 0.866. The van der Waals surface area contributed by atoms with E-state index in [1.54, 1.807) is 12.4 Å². The van der Waals surface area contributed by atoms with E-state index in [9.17, 15) is 4.79 Å². The lowest BCUT2D eigenvalue weighted by Gasteiger charge is -2.33. The van der Waals surface area contributed by atoms with Crippen LogP contribution in [0, 0.1) is 6.92 Å². The normalized spacial score (nSPS) is 15.8. The third-order valence-corrected chi connectivity index (χ3v) is 4.13. The van der Waals surface area contributed by atoms with Crippen LogP contribution in [0.15, 0.2) is 48.8 Å². The van der Waals surface area contributed by atoms with E-state index >= 15 is 0 Å². The van der Waals surface area contributed by atoms with Crippen molar-refractivity contribution in [2.45, 2.75) is 6.92 Å². The van der Waals surface area contributed by atoms with Crippen molar-refractivity contribution in [1.82, 2.24) is 19.8 Å². The number of nitrogens with zero attached hydrogens (tertiary/aromatic N) is 4. The predicted molar refractivity (Wildman–Crippen MR) is 94.6 cm³/mol. The van der Waals surface area contributed by atoms with Gasteiger partial charge in [0.2, 0.25) is 0 Å². The molecule has 1 amide bonds. The molecular formula is C19H22N4O. The van der Waals surface area contributed by atoms with Crippen LogP contribution in [0.25, 0.3) is 6.08 Å². The van der Waals surface area contributed by atoms with E-state index in [-0.39, 0.29) is 5.91 Å². The number of benzene rings is 1. The van der Waals surface area contributed by atoms with E-state index in [0.717, 1.165) is 38.4 Å². The molecule has 1 aromatic carbocycles. The minimum Gasteiger partial charge on any atom is -0.335 e. The van der Waals surface area contributed by atoms with Crippen molar-refractivity contribution < 1.29 is 4.79 Å². The Kier molecular flexibility index (Phi) is 5.33. The highest BCUT2D eigenvalue weighted by Gasteiger charge is 2.22. The van der Waals surface area contributed by atoms with Gasteiger partial charge in [-0.05, 0) is 12.5 Å². The van der Waals surface area contributed by atoms with Crippen LogP contribution in [-0.4, -0.2) is 58.4 Å². The summed E-state index contributed by atoms with van der Waals surface area (Å²) in [6.45, 7) is 5.99. The van der Waals surface area contributed by atoms with E-state index in [0.29, 0.717) is 5.69 Å². The second kappa shape index (κ2) is 7.84. The Balaban J connectivity index is 1.48. The molecule has 1 fully saturated rings. The summed E-state index contributed by atoms with van der Waals surface area (Å²) >= 11 is 0. The van der Waals surface area contributed by atoms with Gasteiger partial charge in [0.1, 0.15) is 5.69 Å². The zero-order chi connectivity index (χ0) is 16.8. The predicted octanol–water partition coefficient (Wildman–Crippen LogP) is 2.26. The van der Waals surface area contributed by atoms with E-state index in [2.05, 4.69) is 39.2 Å². The third-order valence-electron chi connectivity index (χ3n) is 4.13. The van der Waals surface area contributed by atoms with Crippen LogP contribution in [0.2, 0.25) is 0 Å². The van der Waals surface area contributed by atoms with Crippen molar-refractivity contribution in [2.24, 2.45) is 0 Å². The van der Waals surface area contributed by atoms with Gasteiger partial charge in [0.25, 0.3) is 5.91 Å². The molecule has 5 heteroatoms. The Morgan fingerprint density at radius 2 is 1.83 bits per heavy atom. The van der Waals surface area contributed by atoms with Gasteiger partial charge in [-0.3, -0.25) is 14.7 Å². The summed E-state index contributed by atoms with van der Waals surface area (Å²) in [6.07, 6.45) is 7.52. The number of rotatable bonds is 4. The van der Waals surface area contributed by atoms with Crippen LogP contribution in [0.4, 0.5) is 0 Å². The van der Waals surface area contributed by atoms with Crippen molar-refractivity contribution in [3.8, 4) is 0 Å². The van der Waals surface area contributed by atoms with Crippen LogP contribution in [0.3, 0.4) is 0 Å². The van der Waals surface area contributed by atoms with Crippen LogP contribution in [-0.2, 0) is 0 Å². The summed E-state index contributed by atoms with van der Waals surface area (Å²) in [5, 5.41) is 0. The molecule has 24 heavy (non-hydrogen) atoms. The fourth-order valence-electron chi connectivity index (χ4n) is 2.70. The molecule has 0 saturated carbocycles. The Bertz CT molecular complexity index is 689. The lowest BCUT2D eigenvalue weighted by molar-refractivity contribution is 0.0644. The molecule has 5 nitrogen and oxygen atoms in total. The smallest absolute Gasteiger partial charge is 0.274 e. The fourth-order valence-corrected chi connectivity index (χ4v) is 2.70. The summed E-state index contributed by atoms with van der Waals surface area (Å²) in [7, 11) is 0. The van der Waals surface area contributed by atoms with E-state index < -0.39 is 0 Å². The number of hydrogen-bond acceptors (Lipinski definition) is 4. The Labute approximate surface area is 142 Å². The molecule has 0 atom stereocenters. The Morgan fingerprint density at radius 3 is 2.50 bits per heavy atom. The third kappa shape index (κ3) is 4.26. The van der Waals surface area contributed by atoms with Crippen LogP contribution in [0.1, 0.15) is 21.7 Å². The largest absolute Gasteiger partial charge is 0.335 e. The molecule has 3 rings (SSSR count). The average Bonchev–Trinajstić information content (AvgIpc) is 2.63. The molecule has 1 aliphatic heterocycles. The standard InChI is InChI=1S/C19H22N4O/c1-16-14-21-18(15-20-16)19(24)23-12-10-22(11-13-23)9-5-8-17-6-3-2-4-7-17/h2-8,14-15H,9-13H2,1H3/b8-5+. The summed E-state index contributed by atoms with van der Waals surface area (Å²) in [6, 6.07) is 10.3. The molecule has 2 aromatic rings. The summed E-state index contributed by atoms with van der Waals surface area (Å²) in [5.74, 6) is -0.0259. The first-order valence-corrected chi connectivity index (χ1v) is 8.24. The molecule has 1 aliphatic rings. The topological polar surface area (TPSA) is 49.3 Å². The first-order valence-electron chi connectivity index (χ1n) is 8.24. The van der Waals surface area contributed by atoms with E-state index in [1.807, 2.05) is 30.0 Å². The highest BCUT2D eigenvalue weighted by molar-refractivity contribution is 5.92. The molecule has 2 heterocycles. The van der Waals surface area contributed by atoms with Gasteiger partial charge >= 0.3 is 0 Å². The number of aromatic nitrogens is 2. The van der Waals surface area contributed by atoms with Crippen molar-refractivity contribution in [1.29, 1.82) is 0 Å². The maximum Gasteiger partial charge on any atom is 0.274 e. The number of piperazine rings is 1. The van der Waals surface area contributed by atoms with Crippen LogP contribution in [0.5, 0.6) is 0 Å². The molecule has 1 aromatic heterocycles. The lowest BCUT2D eigenvalue weighted by Crippen LogP contribution is -2.48. The van der Waals surface area contributed by atoms with Crippen LogP contribution >= 0.6 is 0 Å². The highest BCUT2D eigenvalue weighted by atomic mass is 16.2. The maximum absolute atomic E-state index is 12.4. The SMILES string of the molecule is Cc1cnc(C(=O)N2CCN(C/C=C/c3ccccc3)CC2)cn1. The van der Waals surface area contributed by atoms with Gasteiger partial charge in [-0.25, -0.2) is 4.98 Å². The first-order chi connectivity index (χ1) is 11.7. The maximum atomic E-state index is 12.4. The minimum atomic E-state index is -0.0259. The number of carbonyl (C=O) groups is 1. The van der Waals surface area contributed by atoms with E-state index in [1.165, 1.54) is 5.56 Å². The molecule has 0 spiro atoms. The van der Waals surface area contributed by atoms with Crippen molar-refractivity contribution in [3.63, 3.8) is 0 Å². The number of carbonyl (C=O) groups excluding carboxylic acids is 1. The summed E-state index contributed by atoms with van der Waals surface area (Å²) in [4.78, 5) is 24.9. The van der Waals surface area contributed by atoms with Crippen molar-refractivity contribution in [2.75, 3.05) is 32.7 Å². The highest BCUT2D eigenvalue weighted by Crippen LogP contribution is 2.08. The molecule has 0 unspecified atom stereocenters. The van der Waals surface area contributed by atoms with Gasteiger partial charge < -0.3 is 4.90 Å². The van der Waals surface area contributed by atoms with Crippen molar-refractivity contribution >= 4 is 12.0 Å². The molecular weight excluding hydrogens is 300 g/mol.